The number of hydrogen-bond donors (Lipinski definition) is 5. The molecule has 0 aromatic heterocycles. The molecule has 2 aromatic rings. The Hall–Kier alpha value is -3.03. The molecule has 13 nitrogen and oxygen atoms in total. The Kier molecular flexibility index (Phi) is 10.8. The summed E-state index contributed by atoms with van der Waals surface area (Å²) in [6.45, 7) is 1.93. The number of carbonyl (C=O) groups excluding carboxylic acids is 2. The van der Waals surface area contributed by atoms with Crippen LogP contribution in [0.5, 0.6) is 11.5 Å². The minimum Gasteiger partial charge on any atom is -0.497 e. The van der Waals surface area contributed by atoms with Crippen LogP contribution >= 0.6 is 7.75 Å². The van der Waals surface area contributed by atoms with Crippen molar-refractivity contribution in [1.82, 2.24) is 10.4 Å². The molecule has 2 aromatic carbocycles. The molecule has 7 atom stereocenters. The Labute approximate surface area is 225 Å². The van der Waals surface area contributed by atoms with Crippen LogP contribution in [0.15, 0.2) is 54.6 Å². The lowest BCUT2D eigenvalue weighted by atomic mass is 9.97. The molecular formula is C25H33N2O11P. The Morgan fingerprint density at radius 1 is 1.03 bits per heavy atom. The molecule has 3 rings (SSSR count). The Bertz CT molecular complexity index is 1130. The average molecular weight is 569 g/mol. The highest BCUT2D eigenvalue weighted by molar-refractivity contribution is 7.52. The molecular weight excluding hydrogens is 535 g/mol. The average Bonchev–Trinajstić information content (AvgIpc) is 2.91. The van der Waals surface area contributed by atoms with Crippen molar-refractivity contribution < 1.29 is 52.7 Å². The molecule has 1 amide bonds. The molecule has 1 heterocycles. The van der Waals surface area contributed by atoms with E-state index >= 15 is 0 Å². The molecule has 1 saturated heterocycles. The van der Waals surface area contributed by atoms with E-state index < -0.39 is 62.9 Å². The number of aliphatic hydroxyl groups excluding tert-OH is 3. The van der Waals surface area contributed by atoms with E-state index in [4.69, 9.17) is 23.3 Å². The third-order valence-corrected chi connectivity index (χ3v) is 7.36. The summed E-state index contributed by atoms with van der Waals surface area (Å²) in [5.41, 5.74) is 0.755. The summed E-state index contributed by atoms with van der Waals surface area (Å²) >= 11 is 0. The van der Waals surface area contributed by atoms with Crippen LogP contribution in [0.1, 0.15) is 19.4 Å². The zero-order chi connectivity index (χ0) is 28.6. The molecule has 0 radical (unpaired) electrons. The van der Waals surface area contributed by atoms with E-state index in [1.165, 1.54) is 33.1 Å². The lowest BCUT2D eigenvalue weighted by Gasteiger charge is -2.40. The van der Waals surface area contributed by atoms with E-state index in [2.05, 4.69) is 10.4 Å². The van der Waals surface area contributed by atoms with E-state index in [1.807, 2.05) is 6.07 Å². The first kappa shape index (κ1) is 30.5. The predicted octanol–water partition coefficient (Wildman–Crippen LogP) is 0.864. The molecule has 1 fully saturated rings. The number of methoxy groups -OCH3 is 1. The van der Waals surface area contributed by atoms with Gasteiger partial charge in [-0.05, 0) is 36.8 Å². The SMILES string of the molecule is COc1ccc(OP(=O)(N[C@H](C)C(=O)OCc2ccccc2)OC[C@H]2O[C@H](O)[C@H](NC(C)=O)[C@@H](O)[C@@H]2O)cc1. The van der Waals surface area contributed by atoms with Crippen LogP contribution in [0, 0.1) is 0 Å². The monoisotopic (exact) mass is 568 g/mol. The van der Waals surface area contributed by atoms with Gasteiger partial charge < -0.3 is 39.4 Å². The van der Waals surface area contributed by atoms with Gasteiger partial charge >= 0.3 is 13.7 Å². The number of nitrogens with one attached hydrogen (secondary N) is 2. The number of esters is 1. The van der Waals surface area contributed by atoms with Crippen molar-refractivity contribution in [1.29, 1.82) is 0 Å². The molecule has 14 heteroatoms. The van der Waals surface area contributed by atoms with Gasteiger partial charge in [-0.1, -0.05) is 30.3 Å². The zero-order valence-electron chi connectivity index (χ0n) is 21.6. The van der Waals surface area contributed by atoms with Crippen LogP contribution in [0.2, 0.25) is 0 Å². The maximum Gasteiger partial charge on any atom is 0.459 e. The first-order valence-corrected chi connectivity index (χ1v) is 13.6. The summed E-state index contributed by atoms with van der Waals surface area (Å²) in [7, 11) is -2.88. The summed E-state index contributed by atoms with van der Waals surface area (Å²) in [5.74, 6) is -0.677. The fourth-order valence-electron chi connectivity index (χ4n) is 3.65. The van der Waals surface area contributed by atoms with Gasteiger partial charge in [-0.25, -0.2) is 4.57 Å². The van der Waals surface area contributed by atoms with Crippen LogP contribution in [-0.2, 0) is 34.8 Å². The highest BCUT2D eigenvalue weighted by atomic mass is 31.2. The molecule has 0 aliphatic carbocycles. The number of amides is 1. The van der Waals surface area contributed by atoms with Crippen molar-refractivity contribution in [2.24, 2.45) is 0 Å². The summed E-state index contributed by atoms with van der Waals surface area (Å²) in [6.07, 6.45) is -6.31. The largest absolute Gasteiger partial charge is 0.497 e. The van der Waals surface area contributed by atoms with Gasteiger partial charge in [-0.15, -0.1) is 0 Å². The van der Waals surface area contributed by atoms with Crippen LogP contribution in [0.4, 0.5) is 0 Å². The molecule has 1 unspecified atom stereocenters. The third kappa shape index (κ3) is 8.73. The fraction of sp³-hybridized carbons (Fsp3) is 0.440. The normalized spacial score (nSPS) is 25.1. The van der Waals surface area contributed by atoms with Crippen LogP contribution < -0.4 is 19.7 Å². The topological polar surface area (TPSA) is 182 Å². The number of hydrogen-bond acceptors (Lipinski definition) is 11. The third-order valence-electron chi connectivity index (χ3n) is 5.71. The first-order chi connectivity index (χ1) is 18.5. The summed E-state index contributed by atoms with van der Waals surface area (Å²) < 4.78 is 40.5. The molecule has 1 aliphatic heterocycles. The number of rotatable bonds is 12. The minimum atomic E-state index is -4.36. The summed E-state index contributed by atoms with van der Waals surface area (Å²) in [5, 5.41) is 35.8. The van der Waals surface area contributed by atoms with E-state index in [1.54, 1.807) is 36.4 Å². The first-order valence-electron chi connectivity index (χ1n) is 12.0. The minimum absolute atomic E-state index is 0.0104. The Morgan fingerprint density at radius 3 is 2.28 bits per heavy atom. The van der Waals surface area contributed by atoms with E-state index in [0.29, 0.717) is 5.75 Å². The van der Waals surface area contributed by atoms with E-state index in [9.17, 15) is 29.5 Å². The highest BCUT2D eigenvalue weighted by Gasteiger charge is 2.45. The van der Waals surface area contributed by atoms with Gasteiger partial charge in [0, 0.05) is 6.92 Å². The maximum absolute atomic E-state index is 13.7. The van der Waals surface area contributed by atoms with E-state index in [0.717, 1.165) is 5.56 Å². The molecule has 0 bridgehead atoms. The molecule has 39 heavy (non-hydrogen) atoms. The van der Waals surface area contributed by atoms with Crippen LogP contribution in [-0.4, -0.2) is 77.6 Å². The zero-order valence-corrected chi connectivity index (χ0v) is 22.5. The Morgan fingerprint density at radius 2 is 1.67 bits per heavy atom. The van der Waals surface area contributed by atoms with Crippen molar-refractivity contribution in [3.05, 3.63) is 60.2 Å². The Balaban J connectivity index is 1.70. The lowest BCUT2D eigenvalue weighted by Crippen LogP contribution is -2.64. The fourth-order valence-corrected chi connectivity index (χ4v) is 5.16. The van der Waals surface area contributed by atoms with Crippen molar-refractivity contribution in [3.8, 4) is 11.5 Å². The second-order valence-electron chi connectivity index (χ2n) is 8.78. The smallest absolute Gasteiger partial charge is 0.459 e. The molecule has 0 saturated carbocycles. The molecule has 5 N–H and O–H groups in total. The van der Waals surface area contributed by atoms with Crippen LogP contribution in [0.25, 0.3) is 0 Å². The number of carbonyl (C=O) groups is 2. The predicted molar refractivity (Wildman–Crippen MR) is 137 cm³/mol. The second-order valence-corrected chi connectivity index (χ2v) is 10.5. The van der Waals surface area contributed by atoms with Crippen molar-refractivity contribution >= 4 is 19.6 Å². The highest BCUT2D eigenvalue weighted by Crippen LogP contribution is 2.45. The molecule has 1 aliphatic rings. The molecule has 214 valence electrons. The van der Waals surface area contributed by atoms with Crippen molar-refractivity contribution in [3.63, 3.8) is 0 Å². The lowest BCUT2D eigenvalue weighted by molar-refractivity contribution is -0.252. The van der Waals surface area contributed by atoms with Gasteiger partial charge in [0.2, 0.25) is 5.91 Å². The number of benzene rings is 2. The summed E-state index contributed by atoms with van der Waals surface area (Å²) in [6, 6.07) is 12.6. The molecule has 0 spiro atoms. The van der Waals surface area contributed by atoms with E-state index in [-0.39, 0.29) is 12.4 Å². The van der Waals surface area contributed by atoms with Gasteiger partial charge in [-0.2, -0.15) is 5.09 Å². The maximum atomic E-state index is 13.7. The quantitative estimate of drug-likeness (QED) is 0.180. The van der Waals surface area contributed by atoms with Crippen molar-refractivity contribution in [2.75, 3.05) is 13.7 Å². The summed E-state index contributed by atoms with van der Waals surface area (Å²) in [4.78, 5) is 23.9. The van der Waals surface area contributed by atoms with Gasteiger partial charge in [0.25, 0.3) is 0 Å². The number of ether oxygens (including phenoxy) is 3. The standard InChI is InChI=1S/C25H33N2O11P/c1-15(24(31)35-13-17-7-5-4-6-8-17)27-39(33,38-19-11-9-18(34-3)10-12-19)36-14-20-22(29)23(30)21(25(32)37-20)26-16(2)28/h4-12,15,20-23,25,29-30,32H,13-14H2,1-3H3,(H,26,28)(H,27,33)/t15-,20-,21-,22-,23-,25+,39?/m1/s1. The van der Waals surface area contributed by atoms with Gasteiger partial charge in [0.1, 0.15) is 48.5 Å². The number of aliphatic hydroxyl groups is 3. The van der Waals surface area contributed by atoms with Gasteiger partial charge in [0.15, 0.2) is 6.29 Å². The van der Waals surface area contributed by atoms with Crippen molar-refractivity contribution in [2.45, 2.75) is 57.1 Å². The van der Waals surface area contributed by atoms with Crippen LogP contribution in [0.3, 0.4) is 0 Å². The van der Waals surface area contributed by atoms with Gasteiger partial charge in [-0.3, -0.25) is 14.1 Å². The second kappa shape index (κ2) is 13.9. The van der Waals surface area contributed by atoms with Gasteiger partial charge in [0.05, 0.1) is 13.7 Å².